The first-order valence-electron chi connectivity index (χ1n) is 7.48. The minimum Gasteiger partial charge on any atom is -0.379 e. The molecule has 1 aliphatic rings. The van der Waals surface area contributed by atoms with E-state index in [0.29, 0.717) is 6.04 Å². The largest absolute Gasteiger partial charge is 0.379 e. The molecule has 1 aromatic heterocycles. The van der Waals surface area contributed by atoms with Gasteiger partial charge in [-0.15, -0.1) is 11.3 Å². The molecule has 1 saturated heterocycles. The number of hydrogen-bond acceptors (Lipinski definition) is 5. The molecule has 3 rings (SSSR count). The number of aromatic nitrogens is 1. The maximum atomic E-state index is 6.02. The van der Waals surface area contributed by atoms with Gasteiger partial charge in [0.05, 0.1) is 24.4 Å². The van der Waals surface area contributed by atoms with Crippen LogP contribution in [0.2, 0.25) is 5.02 Å². The number of benzene rings is 1. The Hall–Kier alpha value is -0.980. The highest BCUT2D eigenvalue weighted by Crippen LogP contribution is 2.23. The number of rotatable bonds is 6. The van der Waals surface area contributed by atoms with E-state index in [4.69, 9.17) is 16.3 Å². The highest BCUT2D eigenvalue weighted by atomic mass is 35.5. The van der Waals surface area contributed by atoms with Crippen molar-refractivity contribution < 1.29 is 4.74 Å². The Labute approximate surface area is 140 Å². The minimum absolute atomic E-state index is 0.333. The lowest BCUT2D eigenvalue weighted by Crippen LogP contribution is -2.42. The van der Waals surface area contributed by atoms with Crippen LogP contribution in [0.5, 0.6) is 0 Å². The first-order valence-corrected chi connectivity index (χ1v) is 8.80. The second-order valence-corrected chi connectivity index (χ2v) is 6.48. The Morgan fingerprint density at radius 1 is 1.27 bits per heavy atom. The summed E-state index contributed by atoms with van der Waals surface area (Å²) in [6.07, 6.45) is 0. The summed E-state index contributed by atoms with van der Waals surface area (Å²) in [5.41, 5.74) is 4.26. The van der Waals surface area contributed by atoms with Crippen LogP contribution >= 0.6 is 22.9 Å². The lowest BCUT2D eigenvalue weighted by molar-refractivity contribution is 0.0161. The molecule has 2 aromatic rings. The van der Waals surface area contributed by atoms with Crippen molar-refractivity contribution in [1.82, 2.24) is 15.2 Å². The van der Waals surface area contributed by atoms with E-state index in [1.54, 1.807) is 11.3 Å². The molecule has 2 heterocycles. The molecule has 0 amide bonds. The Kier molecular flexibility index (Phi) is 5.81. The fourth-order valence-electron chi connectivity index (χ4n) is 2.69. The number of morpholine rings is 1. The van der Waals surface area contributed by atoms with Gasteiger partial charge in [-0.05, 0) is 17.7 Å². The summed E-state index contributed by atoms with van der Waals surface area (Å²) >= 11 is 7.65. The van der Waals surface area contributed by atoms with Crippen LogP contribution in [-0.4, -0.2) is 42.7 Å². The summed E-state index contributed by atoms with van der Waals surface area (Å²) in [6.45, 7) is 5.22. The van der Waals surface area contributed by atoms with E-state index in [2.05, 4.69) is 32.7 Å². The fraction of sp³-hybridized carbons (Fsp3) is 0.438. The van der Waals surface area contributed by atoms with Crippen LogP contribution in [0.4, 0.5) is 0 Å². The molecule has 1 unspecified atom stereocenters. The summed E-state index contributed by atoms with van der Waals surface area (Å²) in [6, 6.07) is 8.50. The summed E-state index contributed by atoms with van der Waals surface area (Å²) in [4.78, 5) is 6.79. The van der Waals surface area contributed by atoms with Crippen molar-refractivity contribution in [3.05, 3.63) is 51.4 Å². The monoisotopic (exact) mass is 337 g/mol. The summed E-state index contributed by atoms with van der Waals surface area (Å²) in [5, 5.41) is 6.39. The molecule has 1 aromatic carbocycles. The first-order chi connectivity index (χ1) is 10.8. The molecule has 0 aliphatic carbocycles. The maximum Gasteiger partial charge on any atom is 0.0795 e. The average molecular weight is 338 g/mol. The number of thiazole rings is 1. The molecule has 1 atom stereocenters. The van der Waals surface area contributed by atoms with Crippen molar-refractivity contribution in [2.45, 2.75) is 12.6 Å². The SMILES string of the molecule is Clc1ccc(C(CNCc2cscn2)N2CCOCC2)cc1. The van der Waals surface area contributed by atoms with Gasteiger partial charge >= 0.3 is 0 Å². The van der Waals surface area contributed by atoms with Crippen molar-refractivity contribution in [1.29, 1.82) is 0 Å². The highest BCUT2D eigenvalue weighted by Gasteiger charge is 2.22. The Morgan fingerprint density at radius 2 is 2.05 bits per heavy atom. The second-order valence-electron chi connectivity index (χ2n) is 5.33. The predicted molar refractivity (Wildman–Crippen MR) is 90.4 cm³/mol. The number of ether oxygens (including phenoxy) is 1. The van der Waals surface area contributed by atoms with Crippen molar-refractivity contribution in [3.8, 4) is 0 Å². The third kappa shape index (κ3) is 4.27. The van der Waals surface area contributed by atoms with Gasteiger partial charge in [-0.25, -0.2) is 4.98 Å². The van der Waals surface area contributed by atoms with Crippen LogP contribution in [0.3, 0.4) is 0 Å². The molecular formula is C16H20ClN3OS. The number of halogens is 1. The van der Waals surface area contributed by atoms with Crippen LogP contribution < -0.4 is 5.32 Å². The minimum atomic E-state index is 0.333. The topological polar surface area (TPSA) is 37.4 Å². The van der Waals surface area contributed by atoms with Gasteiger partial charge in [0.25, 0.3) is 0 Å². The van der Waals surface area contributed by atoms with Crippen LogP contribution in [0, 0.1) is 0 Å². The van der Waals surface area contributed by atoms with E-state index in [-0.39, 0.29) is 0 Å². The van der Waals surface area contributed by atoms with Gasteiger partial charge in [-0.1, -0.05) is 23.7 Å². The average Bonchev–Trinajstić information content (AvgIpc) is 3.07. The van der Waals surface area contributed by atoms with Gasteiger partial charge in [0.1, 0.15) is 0 Å². The molecule has 0 radical (unpaired) electrons. The summed E-state index contributed by atoms with van der Waals surface area (Å²) < 4.78 is 5.48. The lowest BCUT2D eigenvalue weighted by Gasteiger charge is -2.35. The highest BCUT2D eigenvalue weighted by molar-refractivity contribution is 7.07. The van der Waals surface area contributed by atoms with Gasteiger partial charge in [-0.2, -0.15) is 0 Å². The number of hydrogen-bond donors (Lipinski definition) is 1. The zero-order chi connectivity index (χ0) is 15.2. The zero-order valence-electron chi connectivity index (χ0n) is 12.4. The fourth-order valence-corrected chi connectivity index (χ4v) is 3.38. The quantitative estimate of drug-likeness (QED) is 0.879. The molecule has 0 saturated carbocycles. The normalized spacial score (nSPS) is 17.5. The standard InChI is InChI=1S/C16H20ClN3OS/c17-14-3-1-13(2-4-14)16(20-5-7-21-8-6-20)10-18-9-15-11-22-12-19-15/h1-4,11-12,16,18H,5-10H2. The second kappa shape index (κ2) is 8.04. The van der Waals surface area contributed by atoms with Crippen molar-refractivity contribution in [2.24, 2.45) is 0 Å². The van der Waals surface area contributed by atoms with Crippen LogP contribution in [0.1, 0.15) is 17.3 Å². The van der Waals surface area contributed by atoms with Crippen molar-refractivity contribution in [3.63, 3.8) is 0 Å². The van der Waals surface area contributed by atoms with E-state index in [0.717, 1.165) is 50.1 Å². The van der Waals surface area contributed by atoms with Gasteiger partial charge in [0.15, 0.2) is 0 Å². The molecule has 1 aliphatic heterocycles. The van der Waals surface area contributed by atoms with E-state index in [9.17, 15) is 0 Å². The Bertz CT molecular complexity index is 555. The third-order valence-corrected chi connectivity index (χ3v) is 4.76. The molecule has 1 fully saturated rings. The smallest absolute Gasteiger partial charge is 0.0795 e. The Balaban J connectivity index is 1.66. The van der Waals surface area contributed by atoms with Crippen molar-refractivity contribution in [2.75, 3.05) is 32.8 Å². The molecule has 0 spiro atoms. The maximum absolute atomic E-state index is 6.02. The molecule has 22 heavy (non-hydrogen) atoms. The van der Waals surface area contributed by atoms with Crippen LogP contribution in [-0.2, 0) is 11.3 Å². The predicted octanol–water partition coefficient (Wildman–Crippen LogP) is 2.96. The third-order valence-electron chi connectivity index (χ3n) is 3.87. The molecule has 6 heteroatoms. The zero-order valence-corrected chi connectivity index (χ0v) is 13.9. The van der Waals surface area contributed by atoms with Crippen molar-refractivity contribution >= 4 is 22.9 Å². The molecule has 4 nitrogen and oxygen atoms in total. The van der Waals surface area contributed by atoms with Crippen LogP contribution in [0.25, 0.3) is 0 Å². The lowest BCUT2D eigenvalue weighted by atomic mass is 10.0. The Morgan fingerprint density at radius 3 is 2.73 bits per heavy atom. The summed E-state index contributed by atoms with van der Waals surface area (Å²) in [7, 11) is 0. The number of nitrogens with one attached hydrogen (secondary N) is 1. The van der Waals surface area contributed by atoms with Gasteiger partial charge in [0, 0.05) is 42.6 Å². The van der Waals surface area contributed by atoms with Gasteiger partial charge in [-0.3, -0.25) is 4.90 Å². The van der Waals surface area contributed by atoms with Gasteiger partial charge < -0.3 is 10.1 Å². The van der Waals surface area contributed by atoms with E-state index >= 15 is 0 Å². The molecular weight excluding hydrogens is 318 g/mol. The summed E-state index contributed by atoms with van der Waals surface area (Å²) in [5.74, 6) is 0. The van der Waals surface area contributed by atoms with E-state index in [1.165, 1.54) is 5.56 Å². The molecule has 118 valence electrons. The molecule has 0 bridgehead atoms. The molecule has 1 N–H and O–H groups in total. The van der Waals surface area contributed by atoms with Gasteiger partial charge in [0.2, 0.25) is 0 Å². The van der Waals surface area contributed by atoms with E-state index < -0.39 is 0 Å². The first kappa shape index (κ1) is 15.9. The van der Waals surface area contributed by atoms with Crippen LogP contribution in [0.15, 0.2) is 35.2 Å². The van der Waals surface area contributed by atoms with E-state index in [1.807, 2.05) is 17.6 Å². The number of nitrogens with zero attached hydrogens (tertiary/aromatic N) is 2.